The van der Waals surface area contributed by atoms with E-state index in [4.69, 9.17) is 23.8 Å². The molecule has 0 atom stereocenters. The zero-order chi connectivity index (χ0) is 13.4. The highest BCUT2D eigenvalue weighted by Gasteiger charge is 2.00. The van der Waals surface area contributed by atoms with E-state index in [0.29, 0.717) is 16.7 Å². The molecule has 0 spiro atoms. The van der Waals surface area contributed by atoms with Gasteiger partial charge in [-0.15, -0.1) is 0 Å². The lowest BCUT2D eigenvalue weighted by Crippen LogP contribution is -2.47. The molecule has 1 aromatic rings. The predicted octanol–water partition coefficient (Wildman–Crippen LogP) is 0.982. The summed E-state index contributed by atoms with van der Waals surface area (Å²) in [6, 6.07) is 7.38. The zero-order valence-electron chi connectivity index (χ0n) is 9.83. The van der Waals surface area contributed by atoms with Crippen LogP contribution < -0.4 is 16.2 Å². The summed E-state index contributed by atoms with van der Waals surface area (Å²) in [7, 11) is 1.44. The molecular weight excluding hydrogens is 274 g/mol. The first-order chi connectivity index (χ1) is 8.61. The largest absolute Gasteiger partial charge is 0.375 e. The molecule has 5 nitrogen and oxygen atoms in total. The van der Waals surface area contributed by atoms with Gasteiger partial charge in [0, 0.05) is 18.7 Å². The second-order valence-corrected chi connectivity index (χ2v) is 4.26. The standard InChI is InChI=1S/C11H14ClN3O2S/c1-17-7-10(16)14-15-11(18)13-6-8-2-4-9(12)5-3-8/h2-5H,6-7H2,1H3,(H,14,16)(H2,13,15,18). The van der Waals surface area contributed by atoms with E-state index >= 15 is 0 Å². The van der Waals surface area contributed by atoms with Gasteiger partial charge < -0.3 is 10.1 Å². The summed E-state index contributed by atoms with van der Waals surface area (Å²) in [5.74, 6) is -0.298. The average Bonchev–Trinajstić information content (AvgIpc) is 2.36. The Morgan fingerprint density at radius 1 is 1.33 bits per heavy atom. The molecule has 1 amide bonds. The molecule has 0 saturated heterocycles. The van der Waals surface area contributed by atoms with Crippen molar-refractivity contribution in [1.82, 2.24) is 16.2 Å². The van der Waals surface area contributed by atoms with Crippen molar-refractivity contribution in [3.05, 3.63) is 34.9 Å². The molecule has 7 heteroatoms. The van der Waals surface area contributed by atoms with Gasteiger partial charge in [-0.05, 0) is 29.9 Å². The Morgan fingerprint density at radius 3 is 2.61 bits per heavy atom. The Morgan fingerprint density at radius 2 is 2.00 bits per heavy atom. The Balaban J connectivity index is 2.24. The number of hydrogen-bond donors (Lipinski definition) is 3. The Kier molecular flexibility index (Phi) is 6.42. The van der Waals surface area contributed by atoms with E-state index in [9.17, 15) is 4.79 Å². The minimum absolute atomic E-state index is 0.0210. The molecule has 0 aromatic heterocycles. The van der Waals surface area contributed by atoms with Crippen molar-refractivity contribution in [3.63, 3.8) is 0 Å². The van der Waals surface area contributed by atoms with Gasteiger partial charge in [-0.25, -0.2) is 0 Å². The maximum Gasteiger partial charge on any atom is 0.264 e. The van der Waals surface area contributed by atoms with Crippen LogP contribution in [0.15, 0.2) is 24.3 Å². The number of nitrogens with one attached hydrogen (secondary N) is 3. The lowest BCUT2D eigenvalue weighted by molar-refractivity contribution is -0.125. The van der Waals surface area contributed by atoms with Gasteiger partial charge in [0.1, 0.15) is 6.61 Å². The fourth-order valence-corrected chi connectivity index (χ4v) is 1.37. The van der Waals surface area contributed by atoms with Gasteiger partial charge >= 0.3 is 0 Å². The van der Waals surface area contributed by atoms with E-state index in [0.717, 1.165) is 5.56 Å². The van der Waals surface area contributed by atoms with E-state index in [-0.39, 0.29) is 12.5 Å². The second-order valence-electron chi connectivity index (χ2n) is 3.42. The number of amides is 1. The summed E-state index contributed by atoms with van der Waals surface area (Å²) in [5.41, 5.74) is 5.99. The van der Waals surface area contributed by atoms with Crippen molar-refractivity contribution in [3.8, 4) is 0 Å². The van der Waals surface area contributed by atoms with Crippen LogP contribution in [0, 0.1) is 0 Å². The predicted molar refractivity (Wildman–Crippen MR) is 74.0 cm³/mol. The van der Waals surface area contributed by atoms with Gasteiger partial charge in [-0.2, -0.15) is 0 Å². The number of benzene rings is 1. The van der Waals surface area contributed by atoms with Crippen LogP contribution in [0.5, 0.6) is 0 Å². The molecule has 0 aliphatic carbocycles. The van der Waals surface area contributed by atoms with Crippen molar-refractivity contribution in [2.45, 2.75) is 6.54 Å². The van der Waals surface area contributed by atoms with Crippen LogP contribution in [0.25, 0.3) is 0 Å². The number of thiocarbonyl (C=S) groups is 1. The fraction of sp³-hybridized carbons (Fsp3) is 0.273. The first-order valence-corrected chi connectivity index (χ1v) is 5.96. The van der Waals surface area contributed by atoms with Gasteiger partial charge in [-0.1, -0.05) is 23.7 Å². The lowest BCUT2D eigenvalue weighted by atomic mass is 10.2. The quantitative estimate of drug-likeness (QED) is 0.569. The maximum atomic E-state index is 11.1. The summed E-state index contributed by atoms with van der Waals surface area (Å²) in [6.07, 6.45) is 0. The summed E-state index contributed by atoms with van der Waals surface area (Å²) in [5, 5.41) is 3.95. The summed E-state index contributed by atoms with van der Waals surface area (Å²) in [4.78, 5) is 11.1. The fourth-order valence-electron chi connectivity index (χ4n) is 1.12. The van der Waals surface area contributed by atoms with E-state index in [1.165, 1.54) is 7.11 Å². The SMILES string of the molecule is COCC(=O)NNC(=S)NCc1ccc(Cl)cc1. The molecule has 98 valence electrons. The lowest BCUT2D eigenvalue weighted by Gasteiger charge is -2.11. The number of hydrazine groups is 1. The Bertz CT molecular complexity index is 411. The van der Waals surface area contributed by atoms with E-state index in [1.54, 1.807) is 12.1 Å². The van der Waals surface area contributed by atoms with Crippen LogP contribution in [0.3, 0.4) is 0 Å². The van der Waals surface area contributed by atoms with Crippen molar-refractivity contribution in [2.75, 3.05) is 13.7 Å². The monoisotopic (exact) mass is 287 g/mol. The molecule has 3 N–H and O–H groups in total. The number of carbonyl (C=O) groups excluding carboxylic acids is 1. The number of halogens is 1. The van der Waals surface area contributed by atoms with Crippen molar-refractivity contribution < 1.29 is 9.53 Å². The molecule has 0 bridgehead atoms. The highest BCUT2D eigenvalue weighted by Crippen LogP contribution is 2.08. The summed E-state index contributed by atoms with van der Waals surface area (Å²) < 4.78 is 4.65. The Labute approximate surface area is 116 Å². The molecule has 0 aliphatic heterocycles. The molecule has 1 aromatic carbocycles. The topological polar surface area (TPSA) is 62.4 Å². The number of rotatable bonds is 4. The molecular formula is C11H14ClN3O2S. The number of methoxy groups -OCH3 is 1. The number of hydrogen-bond acceptors (Lipinski definition) is 3. The molecule has 1 rings (SSSR count). The first-order valence-electron chi connectivity index (χ1n) is 5.18. The van der Waals surface area contributed by atoms with Crippen LogP contribution in [0.2, 0.25) is 5.02 Å². The van der Waals surface area contributed by atoms with Crippen molar-refractivity contribution in [2.24, 2.45) is 0 Å². The molecule has 0 radical (unpaired) electrons. The molecule has 0 aliphatic rings. The molecule has 18 heavy (non-hydrogen) atoms. The van der Waals surface area contributed by atoms with Crippen LogP contribution in [0.1, 0.15) is 5.56 Å². The molecule has 0 fully saturated rings. The maximum absolute atomic E-state index is 11.1. The van der Waals surface area contributed by atoms with Gasteiger partial charge in [0.05, 0.1) is 0 Å². The van der Waals surface area contributed by atoms with Crippen LogP contribution in [-0.4, -0.2) is 24.7 Å². The van der Waals surface area contributed by atoms with Gasteiger partial charge in [-0.3, -0.25) is 15.6 Å². The molecule has 0 saturated carbocycles. The second kappa shape index (κ2) is 7.86. The summed E-state index contributed by atoms with van der Waals surface area (Å²) in [6.45, 7) is 0.524. The van der Waals surface area contributed by atoms with E-state index in [1.807, 2.05) is 12.1 Å². The van der Waals surface area contributed by atoms with Gasteiger partial charge in [0.25, 0.3) is 5.91 Å². The third-order valence-electron chi connectivity index (χ3n) is 1.96. The highest BCUT2D eigenvalue weighted by atomic mass is 35.5. The highest BCUT2D eigenvalue weighted by molar-refractivity contribution is 7.80. The third-order valence-corrected chi connectivity index (χ3v) is 2.46. The smallest absolute Gasteiger partial charge is 0.264 e. The average molecular weight is 288 g/mol. The number of carbonyl (C=O) groups is 1. The van der Waals surface area contributed by atoms with E-state index < -0.39 is 0 Å². The van der Waals surface area contributed by atoms with Crippen molar-refractivity contribution >= 4 is 34.8 Å². The van der Waals surface area contributed by atoms with Gasteiger partial charge in [0.15, 0.2) is 5.11 Å². The minimum atomic E-state index is -0.298. The third kappa shape index (κ3) is 5.81. The summed E-state index contributed by atoms with van der Waals surface area (Å²) >= 11 is 10.7. The zero-order valence-corrected chi connectivity index (χ0v) is 11.4. The normalized spacial score (nSPS) is 9.67. The Hall–Kier alpha value is -1.37. The number of ether oxygens (including phenoxy) is 1. The minimum Gasteiger partial charge on any atom is -0.375 e. The first kappa shape index (κ1) is 14.7. The van der Waals surface area contributed by atoms with Crippen LogP contribution in [-0.2, 0) is 16.1 Å². The molecule has 0 heterocycles. The van der Waals surface area contributed by atoms with Crippen LogP contribution in [0.4, 0.5) is 0 Å². The van der Waals surface area contributed by atoms with Crippen molar-refractivity contribution in [1.29, 1.82) is 0 Å². The van der Waals surface area contributed by atoms with Crippen LogP contribution >= 0.6 is 23.8 Å². The van der Waals surface area contributed by atoms with Gasteiger partial charge in [0.2, 0.25) is 0 Å². The molecule has 0 unspecified atom stereocenters. The van der Waals surface area contributed by atoms with E-state index in [2.05, 4.69) is 20.9 Å².